The van der Waals surface area contributed by atoms with Crippen LogP contribution in [-0.4, -0.2) is 137 Å². The van der Waals surface area contributed by atoms with E-state index in [1.165, 1.54) is 19.8 Å². The Morgan fingerprint density at radius 1 is 0.604 bits per heavy atom. The summed E-state index contributed by atoms with van der Waals surface area (Å²) in [5.74, 6) is -5.13. The van der Waals surface area contributed by atoms with Gasteiger partial charge in [-0.2, -0.15) is 19.2 Å². The number of ketones is 1. The molecule has 0 aromatic carbocycles. The van der Waals surface area contributed by atoms with Gasteiger partial charge < -0.3 is 62.9 Å². The molecular formula is C105H114KMgN12O15+. The van der Waals surface area contributed by atoms with Crippen LogP contribution in [0.3, 0.4) is 0 Å². The molecule has 686 valence electrons. The van der Waals surface area contributed by atoms with E-state index in [-0.39, 0.29) is 164 Å². The number of fused-ring (bicyclic) bond motifs is 21. The van der Waals surface area contributed by atoms with Crippen molar-refractivity contribution in [2.45, 2.75) is 206 Å². The normalized spacial score (nSPS) is 19.5. The molecule has 0 unspecified atom stereocenters. The predicted molar refractivity (Wildman–Crippen MR) is 514 cm³/mol. The molecule has 0 saturated carbocycles. The number of aliphatic imine (C=N–C) groups is 3. The van der Waals surface area contributed by atoms with Gasteiger partial charge in [-0.3, -0.25) is 24.2 Å². The smallest absolute Gasteiger partial charge is 0.870 e. The number of carboxylic acids is 2. The van der Waals surface area contributed by atoms with Crippen LogP contribution in [0.15, 0.2) is 169 Å². The second-order valence-electron chi connectivity index (χ2n) is 34.2. The molecule has 17 rings (SSSR count). The number of rotatable bonds is 15. The van der Waals surface area contributed by atoms with Crippen LogP contribution in [-0.2, 0) is 60.7 Å². The largest absolute Gasteiger partial charge is 2.00 e. The first-order chi connectivity index (χ1) is 62.1. The van der Waals surface area contributed by atoms with Crippen LogP contribution in [0.1, 0.15) is 271 Å². The number of allylic oxidation sites excluding steroid dienone is 14. The van der Waals surface area contributed by atoms with Gasteiger partial charge in [0.25, 0.3) is 0 Å². The summed E-state index contributed by atoms with van der Waals surface area (Å²) < 4.78 is 10.4. The van der Waals surface area contributed by atoms with E-state index >= 15 is 0 Å². The number of aliphatic hydroxyl groups excluding tert-OH is 1. The van der Waals surface area contributed by atoms with E-state index in [4.69, 9.17) is 63.6 Å². The van der Waals surface area contributed by atoms with Gasteiger partial charge in [0.15, 0.2) is 17.2 Å². The molecular weight excluding hydrogens is 1730 g/mol. The molecule has 134 heavy (non-hydrogen) atoms. The van der Waals surface area contributed by atoms with Gasteiger partial charge in [-0.05, 0) is 206 Å². The number of carbonyl (C=O) groups is 5. The van der Waals surface area contributed by atoms with Crippen LogP contribution in [0.2, 0.25) is 0 Å². The number of aromatic nitrogens is 8. The van der Waals surface area contributed by atoms with Gasteiger partial charge in [-0.25, -0.2) is 34.7 Å². The minimum absolute atomic E-state index is 0. The molecule has 27 nitrogen and oxygen atoms in total. The molecule has 2 aliphatic carbocycles. The Morgan fingerprint density at radius 2 is 1.22 bits per heavy atom. The van der Waals surface area contributed by atoms with E-state index in [1.54, 1.807) is 6.92 Å². The van der Waals surface area contributed by atoms with Crippen molar-refractivity contribution in [3.8, 4) is 0 Å². The van der Waals surface area contributed by atoms with Crippen LogP contribution in [0.4, 0.5) is 0 Å². The summed E-state index contributed by atoms with van der Waals surface area (Å²) in [7, 11) is 2.70. The zero-order chi connectivity index (χ0) is 94.5. The van der Waals surface area contributed by atoms with Crippen molar-refractivity contribution in [3.05, 3.63) is 262 Å². The Bertz CT molecular complexity index is 6900. The number of nitrogens with one attached hydrogen (secondary N) is 5. The number of aliphatic hydroxyl groups is 1. The number of carboxylic acid groups (broad SMARTS) is 2. The number of nitrogens with zero attached hydrogens (tertiary/aromatic N) is 7. The van der Waals surface area contributed by atoms with Gasteiger partial charge >= 0.3 is 111 Å². The maximum Gasteiger partial charge on any atom is 2.00 e. The molecule has 24 bridgehead atoms. The van der Waals surface area contributed by atoms with E-state index in [1.807, 2.05) is 70.2 Å². The summed E-state index contributed by atoms with van der Waals surface area (Å²) in [5, 5.41) is 35.4. The first-order valence-corrected chi connectivity index (χ1v) is 44.1. The first-order valence-electron chi connectivity index (χ1n) is 44.1. The summed E-state index contributed by atoms with van der Waals surface area (Å²) in [6, 6.07) is 12.2. The SMILES string of the molecule is C=CC1=C(C)C2=NC1=CC1=NC(=CC3=C(C)C4=C(O)[C@H](C(=O)OC)C(=C5NC(=C2)[C@@H](C)[C@@H]5CC)C4=N3)C(CC)=C1C.C=Cc1c(C)c2cc3[nH+]c(c4c5[n-]c(cc6[nH+]c(cc1[n-]2)C(C)=C6CC)c(C)c5C(=O)[C@@H]4C(=O)OC)[C@@H](CCC)[C@@H]3C.C=Cc1c(C)c2cc3nc(c(CC(=O)O)c4nc(cc5[nH]c(cc1[nH]2)c(C)c5CC)C(C)=C4C(=O)O)[C@@H](CC)[C@@H]3C.O=C=O.O=C=O.[CH3-].[K+].[Mg+2].[OH-]. The van der Waals surface area contributed by atoms with Crippen molar-refractivity contribution < 1.29 is 135 Å². The third kappa shape index (κ3) is 18.6. The number of aliphatic carboxylic acids is 2. The Balaban J connectivity index is 0.000000216. The summed E-state index contributed by atoms with van der Waals surface area (Å²) >= 11 is 0. The number of carbonyl (C=O) groups excluding carboxylic acids is 7. The second-order valence-corrected chi connectivity index (χ2v) is 34.2. The summed E-state index contributed by atoms with van der Waals surface area (Å²) in [4.78, 5) is 147. The monoisotopic (exact) mass is 1850 g/mol. The number of H-pyrrole nitrogens is 4. The van der Waals surface area contributed by atoms with Crippen LogP contribution < -0.4 is 76.6 Å². The third-order valence-corrected chi connectivity index (χ3v) is 27.5. The Labute approximate surface area is 838 Å². The van der Waals surface area contributed by atoms with E-state index in [2.05, 4.69) is 165 Å². The third-order valence-electron chi connectivity index (χ3n) is 27.5. The van der Waals surface area contributed by atoms with Crippen molar-refractivity contribution in [1.82, 2.24) is 35.2 Å². The Hall–Kier alpha value is -11.9. The minimum Gasteiger partial charge on any atom is -0.870 e. The molecule has 6 aromatic heterocycles. The number of Topliss-reactive ketones (excluding diaryl/α,β-unsaturated/α-hetero) is 1. The second kappa shape index (κ2) is 43.2. The van der Waals surface area contributed by atoms with Gasteiger partial charge in [-0.1, -0.05) is 118 Å². The van der Waals surface area contributed by atoms with Crippen molar-refractivity contribution in [2.24, 2.45) is 32.7 Å². The topological polar surface area (TPSA) is 426 Å². The molecule has 1 fully saturated rings. The van der Waals surface area contributed by atoms with Crippen molar-refractivity contribution in [3.63, 3.8) is 0 Å². The quantitative estimate of drug-likeness (QED) is 0.0241. The van der Waals surface area contributed by atoms with Gasteiger partial charge in [0.1, 0.15) is 17.6 Å². The number of hydrogen-bond donors (Lipinski definition) is 6. The Morgan fingerprint density at radius 3 is 1.81 bits per heavy atom. The van der Waals surface area contributed by atoms with Crippen LogP contribution in [0.25, 0.3) is 78.6 Å². The molecule has 15 heterocycles. The van der Waals surface area contributed by atoms with Crippen LogP contribution in [0.5, 0.6) is 0 Å². The summed E-state index contributed by atoms with van der Waals surface area (Å²) in [6.07, 6.45) is 17.7. The number of aromatic amines is 4. The van der Waals surface area contributed by atoms with Gasteiger partial charge in [0.05, 0.1) is 89.4 Å². The Kier molecular flexibility index (Phi) is 34.1. The maximum absolute atomic E-state index is 14.0. The summed E-state index contributed by atoms with van der Waals surface area (Å²) in [5.41, 5.74) is 37.2. The van der Waals surface area contributed by atoms with Crippen molar-refractivity contribution in [1.29, 1.82) is 0 Å². The van der Waals surface area contributed by atoms with Crippen LogP contribution >= 0.6 is 0 Å². The minimum atomic E-state index is -1.14. The van der Waals surface area contributed by atoms with Crippen molar-refractivity contribution >= 4 is 161 Å². The van der Waals surface area contributed by atoms with E-state index in [9.17, 15) is 39.3 Å². The fraction of sp³-hybridized carbons (Fsp3) is 0.343. The number of hydrogen-bond acceptors (Lipinski definition) is 19. The maximum atomic E-state index is 14.0. The average molecular weight is 1850 g/mol. The zero-order valence-electron chi connectivity index (χ0n) is 80.4. The molecule has 9 N–H and O–H groups in total. The fourth-order valence-electron chi connectivity index (χ4n) is 20.5. The molecule has 11 aliphatic rings. The number of methoxy groups -OCH3 is 2. The number of aryl methyl sites for hydroxylation is 5. The zero-order valence-corrected chi connectivity index (χ0v) is 85.0. The molecule has 0 amide bonds. The number of ether oxygens (including phenoxy) is 2. The fourth-order valence-corrected chi connectivity index (χ4v) is 20.5. The average Bonchev–Trinajstić information content (AvgIpc) is 1.56. The molecule has 29 heteroatoms. The first kappa shape index (κ1) is 106. The van der Waals surface area contributed by atoms with Crippen LogP contribution in [0, 0.1) is 52.9 Å². The molecule has 0 spiro atoms. The summed E-state index contributed by atoms with van der Waals surface area (Å²) in [6.45, 7) is 49.5. The predicted octanol–water partition coefficient (Wildman–Crippen LogP) is 15.6. The molecule has 9 aliphatic heterocycles. The van der Waals surface area contributed by atoms with E-state index in [0.29, 0.717) is 62.4 Å². The van der Waals surface area contributed by atoms with Gasteiger partial charge in [0, 0.05) is 113 Å². The molecule has 0 radical (unpaired) electrons. The van der Waals surface area contributed by atoms with E-state index < -0.39 is 35.7 Å². The number of esters is 2. The molecule has 6 aromatic rings. The van der Waals surface area contributed by atoms with E-state index in [0.717, 1.165) is 218 Å². The van der Waals surface area contributed by atoms with Crippen molar-refractivity contribution in [2.75, 3.05) is 14.2 Å². The standard InChI is InChI=1S/C35H37N4O3.C34H36N4O3.C33H36N4O4.2CO2.CH3.K.Mg.H2O/c1-9-12-22-18(6)25-13-23-16(4)20(10-2)27(36-23)14-24-17(5)21(11-3)28(37-24)15-26-19(7)29-33(39-26)30(32(22)38-25)31(34(29)40)35(41)42-8;1-9-19-15(4)22-12-24-17(6)21(11-3)31(37-24)29-30(34(40)41-8)33(39)28-18(7)25(38-32(28)29)14-27-20(10-2)16(5)23(36-27)13-26(19)35-22;1-8-19-15(4)23-12-25-17(6)21(10-3)31(36-25)22(11-29(38)39)32-30(33(40)41)18(7)26(37-32)14-28-20(9-2)16(5)24(35-28)13-27(19)34-23;2*2-1-3;;;;/h10,13-15,18,22,31H,2,9,11-12H2,1,3-8H3,(H-,36,37,38,39,40);9,12-14,17,21,30,37,39H,1,10-11H2,2-8H3;8,12-14,17,21,34-35H,1,9-11H2,2-7H3,(H,38,39)(H,40,41);;;1H3;;;1H2/q-1;;;;;-1;+1;+2;/t18-,22-,31+;17-,21-,30+;17-,21-;;;;;;/m000....../s1. The van der Waals surface area contributed by atoms with Gasteiger partial charge in [-0.15, -0.1) is 22.1 Å². The molecule has 8 atom stereocenters. The molecule has 1 saturated heterocycles. The van der Waals surface area contributed by atoms with Gasteiger partial charge in [0.2, 0.25) is 11.4 Å².